The van der Waals surface area contributed by atoms with Crippen LogP contribution >= 0.6 is 38.6 Å². The van der Waals surface area contributed by atoms with E-state index in [2.05, 4.69) is 21.2 Å². The van der Waals surface area contributed by atoms with Gasteiger partial charge in [0.05, 0.1) is 13.0 Å². The molecule has 26 heavy (non-hydrogen) atoms. The number of benzene rings is 1. The first-order valence-electron chi connectivity index (χ1n) is 7.95. The normalized spacial score (nSPS) is 10.5. The standard InChI is InChI=1S/C19H16BrNO3S2/c1-2-24-19(23)17-15(12-5-7-13(20)8-6-12)11-26-18(17)21-16(22)10-14-4-3-9-25-14/h3-9,11H,2,10H2,1H3,(H,21,22). The van der Waals surface area contributed by atoms with Crippen LogP contribution in [-0.2, 0) is 16.0 Å². The lowest BCUT2D eigenvalue weighted by Gasteiger charge is -2.08. The summed E-state index contributed by atoms with van der Waals surface area (Å²) in [7, 11) is 0. The predicted octanol–water partition coefficient (Wildman–Crippen LogP) is 5.60. The molecule has 7 heteroatoms. The van der Waals surface area contributed by atoms with Crippen molar-refractivity contribution in [2.24, 2.45) is 0 Å². The van der Waals surface area contributed by atoms with Crippen LogP contribution in [-0.4, -0.2) is 18.5 Å². The van der Waals surface area contributed by atoms with E-state index in [0.717, 1.165) is 20.5 Å². The van der Waals surface area contributed by atoms with Gasteiger partial charge in [0.25, 0.3) is 0 Å². The first-order valence-corrected chi connectivity index (χ1v) is 10.5. The van der Waals surface area contributed by atoms with E-state index in [1.807, 2.05) is 47.2 Å². The highest BCUT2D eigenvalue weighted by Gasteiger charge is 2.22. The van der Waals surface area contributed by atoms with Gasteiger partial charge in [-0.05, 0) is 36.1 Å². The molecule has 0 atom stereocenters. The van der Waals surface area contributed by atoms with Gasteiger partial charge in [0.15, 0.2) is 0 Å². The van der Waals surface area contributed by atoms with Crippen molar-refractivity contribution in [3.05, 3.63) is 62.1 Å². The van der Waals surface area contributed by atoms with Gasteiger partial charge >= 0.3 is 5.97 Å². The number of rotatable bonds is 6. The third-order valence-electron chi connectivity index (χ3n) is 3.59. The first kappa shape index (κ1) is 18.8. The minimum atomic E-state index is -0.432. The Morgan fingerprint density at radius 3 is 2.58 bits per heavy atom. The van der Waals surface area contributed by atoms with E-state index in [4.69, 9.17) is 4.74 Å². The summed E-state index contributed by atoms with van der Waals surface area (Å²) in [5.74, 6) is -0.583. The van der Waals surface area contributed by atoms with Gasteiger partial charge in [-0.15, -0.1) is 22.7 Å². The largest absolute Gasteiger partial charge is 0.462 e. The van der Waals surface area contributed by atoms with E-state index < -0.39 is 5.97 Å². The number of nitrogens with one attached hydrogen (secondary N) is 1. The molecule has 0 saturated heterocycles. The number of amides is 1. The minimum absolute atomic E-state index is 0.151. The summed E-state index contributed by atoms with van der Waals surface area (Å²) in [6.07, 6.45) is 0.283. The molecule has 0 spiro atoms. The Labute approximate surface area is 168 Å². The summed E-state index contributed by atoms with van der Waals surface area (Å²) >= 11 is 6.27. The summed E-state index contributed by atoms with van der Waals surface area (Å²) in [4.78, 5) is 25.8. The quantitative estimate of drug-likeness (QED) is 0.498. The molecule has 2 heterocycles. The Bertz CT molecular complexity index is 902. The molecule has 2 aromatic heterocycles. The van der Waals surface area contributed by atoms with Gasteiger partial charge in [0.1, 0.15) is 10.6 Å². The van der Waals surface area contributed by atoms with Crippen molar-refractivity contribution in [1.82, 2.24) is 0 Å². The third-order valence-corrected chi connectivity index (χ3v) is 5.89. The zero-order chi connectivity index (χ0) is 18.5. The number of anilines is 1. The monoisotopic (exact) mass is 449 g/mol. The summed E-state index contributed by atoms with van der Waals surface area (Å²) in [6.45, 7) is 2.04. The number of ether oxygens (including phenoxy) is 1. The van der Waals surface area contributed by atoms with E-state index in [1.165, 1.54) is 22.7 Å². The topological polar surface area (TPSA) is 55.4 Å². The molecule has 3 rings (SSSR count). The van der Waals surface area contributed by atoms with Crippen molar-refractivity contribution in [2.75, 3.05) is 11.9 Å². The summed E-state index contributed by atoms with van der Waals surface area (Å²) in [6, 6.07) is 11.5. The molecule has 3 aromatic rings. The Balaban J connectivity index is 1.90. The van der Waals surface area contributed by atoms with E-state index in [0.29, 0.717) is 10.6 Å². The SMILES string of the molecule is CCOC(=O)c1c(-c2ccc(Br)cc2)csc1NC(=O)Cc1cccs1. The van der Waals surface area contributed by atoms with Crippen LogP contribution in [0.3, 0.4) is 0 Å². The van der Waals surface area contributed by atoms with Crippen molar-refractivity contribution in [3.63, 3.8) is 0 Å². The molecule has 1 N–H and O–H groups in total. The molecule has 0 aliphatic rings. The van der Waals surface area contributed by atoms with Gasteiger partial charge in [0.2, 0.25) is 5.91 Å². The number of carbonyl (C=O) groups is 2. The summed E-state index contributed by atoms with van der Waals surface area (Å²) in [5.41, 5.74) is 2.05. The van der Waals surface area contributed by atoms with Crippen molar-refractivity contribution >= 4 is 55.5 Å². The van der Waals surface area contributed by atoms with Crippen LogP contribution in [0, 0.1) is 0 Å². The van der Waals surface area contributed by atoms with Crippen LogP contribution in [0.25, 0.3) is 11.1 Å². The van der Waals surface area contributed by atoms with Crippen LogP contribution in [0.5, 0.6) is 0 Å². The molecule has 0 bridgehead atoms. The Morgan fingerprint density at radius 1 is 1.15 bits per heavy atom. The Morgan fingerprint density at radius 2 is 1.92 bits per heavy atom. The summed E-state index contributed by atoms with van der Waals surface area (Å²) in [5, 5.41) is 7.19. The number of hydrogen-bond donors (Lipinski definition) is 1. The molecule has 0 aliphatic heterocycles. The van der Waals surface area contributed by atoms with Gasteiger partial charge < -0.3 is 10.1 Å². The van der Waals surface area contributed by atoms with E-state index in [1.54, 1.807) is 6.92 Å². The van der Waals surface area contributed by atoms with Gasteiger partial charge in [-0.2, -0.15) is 0 Å². The molecular weight excluding hydrogens is 434 g/mol. The van der Waals surface area contributed by atoms with Gasteiger partial charge in [-0.25, -0.2) is 4.79 Å². The van der Waals surface area contributed by atoms with Crippen LogP contribution in [0.2, 0.25) is 0 Å². The van der Waals surface area contributed by atoms with Gasteiger partial charge in [-0.1, -0.05) is 34.1 Å². The third kappa shape index (κ3) is 4.41. The molecule has 0 unspecified atom stereocenters. The molecule has 0 fully saturated rings. The second-order valence-corrected chi connectivity index (χ2v) is 8.21. The zero-order valence-corrected chi connectivity index (χ0v) is 17.2. The zero-order valence-electron chi connectivity index (χ0n) is 14.0. The van der Waals surface area contributed by atoms with E-state index in [9.17, 15) is 9.59 Å². The first-order chi connectivity index (χ1) is 12.6. The maximum Gasteiger partial charge on any atom is 0.341 e. The molecule has 4 nitrogen and oxygen atoms in total. The van der Waals surface area contributed by atoms with Crippen LogP contribution < -0.4 is 5.32 Å². The predicted molar refractivity (Wildman–Crippen MR) is 110 cm³/mol. The van der Waals surface area contributed by atoms with E-state index >= 15 is 0 Å². The van der Waals surface area contributed by atoms with Crippen LogP contribution in [0.4, 0.5) is 5.00 Å². The smallest absolute Gasteiger partial charge is 0.341 e. The van der Waals surface area contributed by atoms with Gasteiger partial charge in [-0.3, -0.25) is 4.79 Å². The Kier molecular flexibility index (Phi) is 6.24. The van der Waals surface area contributed by atoms with E-state index in [-0.39, 0.29) is 18.9 Å². The molecule has 0 radical (unpaired) electrons. The second kappa shape index (κ2) is 8.62. The maximum atomic E-state index is 12.5. The molecular formula is C19H16BrNO3S2. The average molecular weight is 450 g/mol. The van der Waals surface area contributed by atoms with Crippen molar-refractivity contribution < 1.29 is 14.3 Å². The molecule has 0 saturated carbocycles. The highest BCUT2D eigenvalue weighted by molar-refractivity contribution is 9.10. The lowest BCUT2D eigenvalue weighted by atomic mass is 10.0. The Hall–Kier alpha value is -1.96. The highest BCUT2D eigenvalue weighted by Crippen LogP contribution is 2.36. The molecule has 134 valence electrons. The fourth-order valence-corrected chi connectivity index (χ4v) is 4.38. The highest BCUT2D eigenvalue weighted by atomic mass is 79.9. The maximum absolute atomic E-state index is 12.5. The van der Waals surface area contributed by atoms with Gasteiger partial charge in [0, 0.05) is 20.3 Å². The number of halogens is 1. The fraction of sp³-hybridized carbons (Fsp3) is 0.158. The van der Waals surface area contributed by atoms with Crippen molar-refractivity contribution in [1.29, 1.82) is 0 Å². The van der Waals surface area contributed by atoms with Crippen LogP contribution in [0.1, 0.15) is 22.2 Å². The molecule has 1 aromatic carbocycles. The summed E-state index contributed by atoms with van der Waals surface area (Å²) < 4.78 is 6.17. The van der Waals surface area contributed by atoms with Crippen molar-refractivity contribution in [3.8, 4) is 11.1 Å². The molecule has 0 aliphatic carbocycles. The lowest BCUT2D eigenvalue weighted by Crippen LogP contribution is -2.16. The number of esters is 1. The fourth-order valence-electron chi connectivity index (χ4n) is 2.44. The minimum Gasteiger partial charge on any atom is -0.462 e. The number of carbonyl (C=O) groups excluding carboxylic acids is 2. The lowest BCUT2D eigenvalue weighted by molar-refractivity contribution is -0.115. The van der Waals surface area contributed by atoms with Crippen molar-refractivity contribution in [2.45, 2.75) is 13.3 Å². The second-order valence-electron chi connectivity index (χ2n) is 5.39. The number of thiophene rings is 2. The van der Waals surface area contributed by atoms with Crippen LogP contribution in [0.15, 0.2) is 51.6 Å². The molecule has 1 amide bonds. The average Bonchev–Trinajstić information content (AvgIpc) is 3.25. The number of hydrogen-bond acceptors (Lipinski definition) is 5.